The van der Waals surface area contributed by atoms with Gasteiger partial charge in [0, 0.05) is 16.7 Å². The van der Waals surface area contributed by atoms with Crippen molar-refractivity contribution >= 4 is 17.5 Å². The summed E-state index contributed by atoms with van der Waals surface area (Å²) < 4.78 is 56.8. The Balaban J connectivity index is 1.34. The number of carboxylic acid groups (broad SMARTS) is 1. The van der Waals surface area contributed by atoms with Gasteiger partial charge in [-0.3, -0.25) is 9.59 Å². The molecule has 2 saturated heterocycles. The summed E-state index contributed by atoms with van der Waals surface area (Å²) in [6, 6.07) is 0. The van der Waals surface area contributed by atoms with Gasteiger partial charge in [0.15, 0.2) is 41.5 Å². The maximum atomic E-state index is 17.6. The van der Waals surface area contributed by atoms with Crippen molar-refractivity contribution in [3.05, 3.63) is 23.8 Å². The average Bonchev–Trinajstić information content (AvgIpc) is 3.46. The molecule has 15 atom stereocenters. The van der Waals surface area contributed by atoms with Crippen LogP contribution in [0.3, 0.4) is 0 Å². The van der Waals surface area contributed by atoms with Gasteiger partial charge in [-0.05, 0) is 56.3 Å². The average molecular weight is 643 g/mol. The van der Waals surface area contributed by atoms with Gasteiger partial charge in [-0.25, -0.2) is 13.6 Å². The smallest absolute Gasteiger partial charge is 0.335 e. The zero-order valence-corrected chi connectivity index (χ0v) is 25.2. The Bertz CT molecular complexity index is 1320. The molecule has 5 N–H and O–H groups in total. The number of ether oxygens (including phenoxy) is 4. The van der Waals surface area contributed by atoms with Crippen LogP contribution in [0, 0.1) is 22.7 Å². The number of allylic oxidation sites excluding steroid dienone is 4. The van der Waals surface area contributed by atoms with Crippen LogP contribution >= 0.6 is 0 Å². The Kier molecular flexibility index (Phi) is 7.97. The molecule has 2 heterocycles. The molecule has 0 radical (unpaired) electrons. The second kappa shape index (κ2) is 10.9. The van der Waals surface area contributed by atoms with Crippen LogP contribution in [0.2, 0.25) is 0 Å². The van der Waals surface area contributed by atoms with Crippen LogP contribution in [0.4, 0.5) is 8.78 Å². The van der Waals surface area contributed by atoms with Crippen molar-refractivity contribution in [3.8, 4) is 0 Å². The van der Waals surface area contributed by atoms with Crippen molar-refractivity contribution in [1.82, 2.24) is 0 Å². The summed E-state index contributed by atoms with van der Waals surface area (Å²) in [6.07, 6.45) is -10.5. The van der Waals surface area contributed by atoms with E-state index in [1.807, 2.05) is 6.92 Å². The number of aliphatic hydroxyl groups excluding tert-OH is 4. The van der Waals surface area contributed by atoms with Crippen molar-refractivity contribution in [2.45, 2.75) is 120 Å². The fourth-order valence-corrected chi connectivity index (χ4v) is 9.34. The molecule has 5 fully saturated rings. The van der Waals surface area contributed by atoms with E-state index in [-0.39, 0.29) is 24.8 Å². The third-order valence-electron chi connectivity index (χ3n) is 11.6. The molecule has 6 rings (SSSR count). The highest BCUT2D eigenvalue weighted by atomic mass is 19.1. The van der Waals surface area contributed by atoms with Crippen LogP contribution in [0.25, 0.3) is 0 Å². The molecule has 0 amide bonds. The molecule has 0 aromatic heterocycles. The number of aliphatic carboxylic acids is 1. The van der Waals surface area contributed by atoms with Crippen LogP contribution in [0.5, 0.6) is 0 Å². The molecule has 12 nitrogen and oxygen atoms in total. The number of alkyl halides is 2. The number of ketones is 2. The molecule has 0 bridgehead atoms. The van der Waals surface area contributed by atoms with E-state index in [0.29, 0.717) is 12.8 Å². The number of Topliss-reactive ketones (excluding diaryl/α,β-unsaturated/α-hetero) is 1. The first-order valence-corrected chi connectivity index (χ1v) is 15.4. The molecule has 0 spiro atoms. The van der Waals surface area contributed by atoms with Gasteiger partial charge in [0.25, 0.3) is 0 Å². The van der Waals surface area contributed by atoms with Gasteiger partial charge in [-0.1, -0.05) is 26.3 Å². The van der Waals surface area contributed by atoms with Gasteiger partial charge in [0.1, 0.15) is 31.1 Å². The predicted octanol–water partition coefficient (Wildman–Crippen LogP) is 0.673. The molecule has 45 heavy (non-hydrogen) atoms. The number of carboxylic acids is 1. The molecule has 6 unspecified atom stereocenters. The maximum absolute atomic E-state index is 17.6. The van der Waals surface area contributed by atoms with Crippen LogP contribution in [0.15, 0.2) is 23.8 Å². The first-order chi connectivity index (χ1) is 21.1. The summed E-state index contributed by atoms with van der Waals surface area (Å²) in [6.45, 7) is 4.24. The number of fused-ring (bicyclic) bond motifs is 7. The second-order valence-corrected chi connectivity index (χ2v) is 13.8. The SMILES string of the molecule is CCCC1OC2CC3C4C[C@H](F)C5=CC(=O)C=C[C@]5(C)[C@@]4(F)[C@@H](O)C[C@]3(C)C2(C(=O)COC2O[C@H](C(=O)O)[C@@H](O)[C@H](O)[C@H]2O)O1. The molecular weight excluding hydrogens is 602 g/mol. The number of aliphatic hydroxyl groups is 4. The first-order valence-electron chi connectivity index (χ1n) is 15.4. The molecule has 3 saturated carbocycles. The first kappa shape index (κ1) is 32.8. The normalized spacial score (nSPS) is 52.0. The van der Waals surface area contributed by atoms with E-state index < -0.39 is 113 Å². The van der Waals surface area contributed by atoms with Gasteiger partial charge in [0.05, 0.1) is 12.2 Å². The van der Waals surface area contributed by atoms with Crippen molar-refractivity contribution in [1.29, 1.82) is 0 Å². The second-order valence-electron chi connectivity index (χ2n) is 13.8. The summed E-state index contributed by atoms with van der Waals surface area (Å²) in [4.78, 5) is 38.0. The highest BCUT2D eigenvalue weighted by Crippen LogP contribution is 2.72. The molecule has 2 aliphatic heterocycles. The van der Waals surface area contributed by atoms with Crippen LogP contribution in [-0.2, 0) is 33.3 Å². The Morgan fingerprint density at radius 2 is 1.78 bits per heavy atom. The van der Waals surface area contributed by atoms with Gasteiger partial charge in [-0.15, -0.1) is 0 Å². The van der Waals surface area contributed by atoms with Crippen LogP contribution < -0.4 is 0 Å². The lowest BCUT2D eigenvalue weighted by molar-refractivity contribution is -0.293. The van der Waals surface area contributed by atoms with Gasteiger partial charge >= 0.3 is 5.97 Å². The van der Waals surface area contributed by atoms with Crippen molar-refractivity contribution < 1.29 is 67.6 Å². The largest absolute Gasteiger partial charge is 0.479 e. The zero-order chi connectivity index (χ0) is 32.9. The zero-order valence-electron chi connectivity index (χ0n) is 25.2. The number of carbonyl (C=O) groups excluding carboxylic acids is 2. The molecule has 0 aromatic carbocycles. The van der Waals surface area contributed by atoms with E-state index in [9.17, 15) is 39.9 Å². The summed E-state index contributed by atoms with van der Waals surface area (Å²) >= 11 is 0. The number of carbonyl (C=O) groups is 3. The van der Waals surface area contributed by atoms with Gasteiger partial charge in [0.2, 0.25) is 0 Å². The summed E-state index contributed by atoms with van der Waals surface area (Å²) in [5.74, 6) is -4.60. The third-order valence-corrected chi connectivity index (χ3v) is 11.6. The van der Waals surface area contributed by atoms with Crippen LogP contribution in [-0.4, -0.2) is 116 Å². The molecular formula is C31H40F2O12. The molecule has 250 valence electrons. The molecule has 4 aliphatic carbocycles. The number of hydrogen-bond donors (Lipinski definition) is 5. The Hall–Kier alpha value is -2.17. The van der Waals surface area contributed by atoms with Gasteiger partial charge in [-0.2, -0.15) is 0 Å². The monoisotopic (exact) mass is 642 g/mol. The Morgan fingerprint density at radius 3 is 2.44 bits per heavy atom. The van der Waals surface area contributed by atoms with Crippen molar-refractivity contribution in [3.63, 3.8) is 0 Å². The summed E-state index contributed by atoms with van der Waals surface area (Å²) in [5, 5.41) is 51.6. The standard InChI is InChI=1S/C31H40F2O12/c1-4-5-21-43-20-10-14-15-9-17(32)16-8-13(34)6-7-28(16,2)30(15,33)18(35)11-29(14,3)31(20,45-21)19(36)12-42-27-24(39)22(37)23(38)25(44-27)26(40)41/h6-8,14-15,17-18,20-25,27,35,37-39H,4-5,9-12H2,1-3H3,(H,40,41)/t14?,15?,17-,18-,20?,21?,22-,23-,24+,25-,27?,28-,29-,30-,31?/m0/s1. The third kappa shape index (κ3) is 4.33. The van der Waals surface area contributed by atoms with Crippen molar-refractivity contribution in [2.75, 3.05) is 6.61 Å². The lowest BCUT2D eigenvalue weighted by atomic mass is 9.44. The fraction of sp³-hybridized carbons (Fsp3) is 0.774. The van der Waals surface area contributed by atoms with Crippen molar-refractivity contribution in [2.24, 2.45) is 22.7 Å². The highest BCUT2D eigenvalue weighted by molar-refractivity contribution is 6.01. The van der Waals surface area contributed by atoms with E-state index in [2.05, 4.69) is 0 Å². The topological polar surface area (TPSA) is 189 Å². The van der Waals surface area contributed by atoms with E-state index in [0.717, 1.165) is 6.08 Å². The van der Waals surface area contributed by atoms with E-state index in [4.69, 9.17) is 18.9 Å². The predicted molar refractivity (Wildman–Crippen MR) is 147 cm³/mol. The molecule has 0 aromatic rings. The minimum absolute atomic E-state index is 0.0256. The number of halogens is 2. The van der Waals surface area contributed by atoms with E-state index in [1.165, 1.54) is 19.1 Å². The Morgan fingerprint density at radius 1 is 1.07 bits per heavy atom. The van der Waals surface area contributed by atoms with E-state index >= 15 is 8.78 Å². The van der Waals surface area contributed by atoms with Gasteiger partial charge < -0.3 is 44.5 Å². The fourth-order valence-electron chi connectivity index (χ4n) is 9.34. The molecule has 14 heteroatoms. The number of rotatable bonds is 7. The Labute approximate surface area is 258 Å². The van der Waals surface area contributed by atoms with Crippen LogP contribution in [0.1, 0.15) is 52.9 Å². The highest BCUT2D eigenvalue weighted by Gasteiger charge is 2.80. The quantitative estimate of drug-likeness (QED) is 0.262. The number of hydrogen-bond acceptors (Lipinski definition) is 11. The summed E-state index contributed by atoms with van der Waals surface area (Å²) in [5.41, 5.74) is -7.12. The summed E-state index contributed by atoms with van der Waals surface area (Å²) in [7, 11) is 0. The maximum Gasteiger partial charge on any atom is 0.335 e. The minimum atomic E-state index is -2.38. The molecule has 6 aliphatic rings. The van der Waals surface area contributed by atoms with E-state index in [1.54, 1.807) is 6.92 Å². The minimum Gasteiger partial charge on any atom is -0.479 e. The lowest BCUT2D eigenvalue weighted by Gasteiger charge is -2.63. The lowest BCUT2D eigenvalue weighted by Crippen LogP contribution is -2.71.